The zero-order chi connectivity index (χ0) is 19.9. The molecule has 0 bridgehead atoms. The highest BCUT2D eigenvalue weighted by atomic mass is 35.5. The predicted octanol–water partition coefficient (Wildman–Crippen LogP) is 6.68. The molecule has 3 rings (SSSR count). The van der Waals surface area contributed by atoms with Gasteiger partial charge in [-0.3, -0.25) is 5.43 Å². The number of hydrogen-bond donors (Lipinski definition) is 1. The number of nitrogens with zero attached hydrogens (tertiary/aromatic N) is 1. The van der Waals surface area contributed by atoms with Gasteiger partial charge in [-0.1, -0.05) is 46.9 Å². The maximum absolute atomic E-state index is 5.99. The zero-order valence-corrected chi connectivity index (χ0v) is 17.2. The fourth-order valence-electron chi connectivity index (χ4n) is 2.37. The van der Waals surface area contributed by atoms with Crippen molar-refractivity contribution >= 4 is 46.7 Å². The van der Waals surface area contributed by atoms with Gasteiger partial charge in [-0.25, -0.2) is 0 Å². The Labute approximate surface area is 178 Å². The molecule has 0 spiro atoms. The minimum atomic E-state index is 0.417. The molecule has 3 aromatic rings. The van der Waals surface area contributed by atoms with Crippen molar-refractivity contribution in [2.45, 2.75) is 6.61 Å². The first-order valence-electron chi connectivity index (χ1n) is 8.34. The summed E-state index contributed by atoms with van der Waals surface area (Å²) >= 11 is 17.8. The van der Waals surface area contributed by atoms with Crippen LogP contribution in [0.2, 0.25) is 15.1 Å². The lowest BCUT2D eigenvalue weighted by Crippen LogP contribution is -1.98. The average Bonchev–Trinajstić information content (AvgIpc) is 2.70. The molecule has 28 heavy (non-hydrogen) atoms. The van der Waals surface area contributed by atoms with Gasteiger partial charge >= 0.3 is 0 Å². The number of nitrogens with one attached hydrogen (secondary N) is 1. The van der Waals surface area contributed by atoms with Crippen LogP contribution in [0.4, 0.5) is 5.69 Å². The van der Waals surface area contributed by atoms with Crippen LogP contribution in [0.15, 0.2) is 65.8 Å². The van der Waals surface area contributed by atoms with Crippen molar-refractivity contribution in [2.24, 2.45) is 5.10 Å². The van der Waals surface area contributed by atoms with Crippen molar-refractivity contribution in [3.63, 3.8) is 0 Å². The van der Waals surface area contributed by atoms with Crippen LogP contribution in [0, 0.1) is 0 Å². The third-order valence-electron chi connectivity index (χ3n) is 3.82. The molecular formula is C21H17Cl3N2O2. The largest absolute Gasteiger partial charge is 0.493 e. The van der Waals surface area contributed by atoms with Crippen molar-refractivity contribution in [1.29, 1.82) is 0 Å². The molecular weight excluding hydrogens is 419 g/mol. The summed E-state index contributed by atoms with van der Waals surface area (Å²) in [5.41, 5.74) is 5.51. The van der Waals surface area contributed by atoms with Crippen molar-refractivity contribution in [2.75, 3.05) is 12.5 Å². The van der Waals surface area contributed by atoms with Gasteiger partial charge in [0, 0.05) is 5.02 Å². The summed E-state index contributed by atoms with van der Waals surface area (Å²) in [6.07, 6.45) is 1.67. The van der Waals surface area contributed by atoms with Gasteiger partial charge in [-0.05, 0) is 59.7 Å². The molecule has 4 nitrogen and oxygen atoms in total. The molecule has 0 saturated heterocycles. The summed E-state index contributed by atoms with van der Waals surface area (Å²) in [6.45, 7) is 0.417. The van der Waals surface area contributed by atoms with E-state index >= 15 is 0 Å². The molecule has 1 N–H and O–H groups in total. The van der Waals surface area contributed by atoms with Crippen LogP contribution in [-0.4, -0.2) is 13.3 Å². The van der Waals surface area contributed by atoms with E-state index in [1.807, 2.05) is 42.5 Å². The fourth-order valence-corrected chi connectivity index (χ4v) is 2.80. The van der Waals surface area contributed by atoms with Crippen molar-refractivity contribution in [3.05, 3.63) is 86.9 Å². The van der Waals surface area contributed by atoms with Gasteiger partial charge in [0.25, 0.3) is 0 Å². The lowest BCUT2D eigenvalue weighted by Gasteiger charge is -2.11. The summed E-state index contributed by atoms with van der Waals surface area (Å²) in [6, 6.07) is 18.3. The lowest BCUT2D eigenvalue weighted by atomic mass is 10.2. The van der Waals surface area contributed by atoms with Gasteiger partial charge in [0.05, 0.1) is 29.1 Å². The molecule has 0 amide bonds. The second-order valence-corrected chi connectivity index (χ2v) is 7.08. The first-order chi connectivity index (χ1) is 13.5. The smallest absolute Gasteiger partial charge is 0.161 e. The SMILES string of the molecule is COc1cc(/C=N\Nc2ccc(Cl)c(Cl)c2)ccc1OCc1ccc(Cl)cc1. The molecule has 3 aromatic carbocycles. The molecule has 144 valence electrons. The molecule has 0 aliphatic rings. The molecule has 0 heterocycles. The van der Waals surface area contributed by atoms with Crippen molar-refractivity contribution < 1.29 is 9.47 Å². The third kappa shape index (κ3) is 5.55. The standard InChI is InChI=1S/C21H17Cl3N2O2/c1-27-21-10-15(12-25-26-17-7-8-18(23)19(24)11-17)4-9-20(21)28-13-14-2-5-16(22)6-3-14/h2-12,26H,13H2,1H3/b25-12-. The van der Waals surface area contributed by atoms with E-state index in [9.17, 15) is 0 Å². The zero-order valence-electron chi connectivity index (χ0n) is 15.0. The van der Waals surface area contributed by atoms with Gasteiger partial charge in [-0.2, -0.15) is 5.10 Å². The molecule has 0 fully saturated rings. The fraction of sp³-hybridized carbons (Fsp3) is 0.0952. The Hall–Kier alpha value is -2.40. The number of anilines is 1. The van der Waals surface area contributed by atoms with E-state index in [1.165, 1.54) is 0 Å². The summed E-state index contributed by atoms with van der Waals surface area (Å²) in [7, 11) is 1.60. The Bertz CT molecular complexity index is 976. The minimum absolute atomic E-state index is 0.417. The highest BCUT2D eigenvalue weighted by molar-refractivity contribution is 6.42. The van der Waals surface area contributed by atoms with Crippen LogP contribution >= 0.6 is 34.8 Å². The van der Waals surface area contributed by atoms with Gasteiger partial charge in [0.15, 0.2) is 11.5 Å². The quantitative estimate of drug-likeness (QED) is 0.332. The van der Waals surface area contributed by atoms with Gasteiger partial charge in [0.2, 0.25) is 0 Å². The minimum Gasteiger partial charge on any atom is -0.493 e. The monoisotopic (exact) mass is 434 g/mol. The van der Waals surface area contributed by atoms with E-state index in [0.29, 0.717) is 33.2 Å². The molecule has 0 atom stereocenters. The van der Waals surface area contributed by atoms with E-state index in [4.69, 9.17) is 44.3 Å². The summed E-state index contributed by atoms with van der Waals surface area (Å²) in [5, 5.41) is 5.86. The second kappa shape index (κ2) is 9.69. The summed E-state index contributed by atoms with van der Waals surface area (Å²) in [5.74, 6) is 1.26. The van der Waals surface area contributed by atoms with Crippen LogP contribution in [0.1, 0.15) is 11.1 Å². The van der Waals surface area contributed by atoms with E-state index < -0.39 is 0 Å². The van der Waals surface area contributed by atoms with Gasteiger partial charge in [0.1, 0.15) is 6.61 Å². The van der Waals surface area contributed by atoms with Crippen molar-refractivity contribution in [1.82, 2.24) is 0 Å². The maximum atomic E-state index is 5.99. The third-order valence-corrected chi connectivity index (χ3v) is 4.81. The van der Waals surface area contributed by atoms with Crippen LogP contribution in [0.3, 0.4) is 0 Å². The maximum Gasteiger partial charge on any atom is 0.161 e. The number of hydrazone groups is 1. The van der Waals surface area contributed by atoms with Gasteiger partial charge in [-0.15, -0.1) is 0 Å². The Balaban J connectivity index is 1.64. The first kappa shape index (κ1) is 20.3. The molecule has 0 aliphatic carbocycles. The Morgan fingerprint density at radius 1 is 0.893 bits per heavy atom. The lowest BCUT2D eigenvalue weighted by molar-refractivity contribution is 0.284. The summed E-state index contributed by atoms with van der Waals surface area (Å²) in [4.78, 5) is 0. The molecule has 7 heteroatoms. The predicted molar refractivity (Wildman–Crippen MR) is 116 cm³/mol. The number of hydrogen-bond acceptors (Lipinski definition) is 4. The Morgan fingerprint density at radius 3 is 2.39 bits per heavy atom. The van der Waals surface area contributed by atoms with E-state index in [1.54, 1.807) is 31.5 Å². The highest BCUT2D eigenvalue weighted by Crippen LogP contribution is 2.29. The molecule has 0 saturated carbocycles. The van der Waals surface area contributed by atoms with E-state index in [-0.39, 0.29) is 0 Å². The Kier molecular flexibility index (Phi) is 7.04. The number of methoxy groups -OCH3 is 1. The Morgan fingerprint density at radius 2 is 1.68 bits per heavy atom. The van der Waals surface area contributed by atoms with Crippen LogP contribution in [0.25, 0.3) is 0 Å². The summed E-state index contributed by atoms with van der Waals surface area (Å²) < 4.78 is 11.3. The van der Waals surface area contributed by atoms with E-state index in [0.717, 1.165) is 16.8 Å². The first-order valence-corrected chi connectivity index (χ1v) is 9.48. The van der Waals surface area contributed by atoms with Crippen LogP contribution in [-0.2, 0) is 6.61 Å². The van der Waals surface area contributed by atoms with Gasteiger partial charge < -0.3 is 9.47 Å². The van der Waals surface area contributed by atoms with Crippen LogP contribution in [0.5, 0.6) is 11.5 Å². The molecule has 0 unspecified atom stereocenters. The highest BCUT2D eigenvalue weighted by Gasteiger charge is 2.06. The molecule has 0 aromatic heterocycles. The number of halogens is 3. The number of rotatable bonds is 7. The normalized spacial score (nSPS) is 10.9. The van der Waals surface area contributed by atoms with Crippen molar-refractivity contribution in [3.8, 4) is 11.5 Å². The van der Waals surface area contributed by atoms with Crippen LogP contribution < -0.4 is 14.9 Å². The van der Waals surface area contributed by atoms with E-state index in [2.05, 4.69) is 10.5 Å². The number of ether oxygens (including phenoxy) is 2. The topological polar surface area (TPSA) is 42.8 Å². The second-order valence-electron chi connectivity index (χ2n) is 5.82. The number of benzene rings is 3. The molecule has 0 radical (unpaired) electrons. The average molecular weight is 436 g/mol. The molecule has 0 aliphatic heterocycles.